The molecule has 0 saturated carbocycles. The maximum atomic E-state index is 12.0. The molecule has 1 aliphatic heterocycles. The van der Waals surface area contributed by atoms with E-state index >= 15 is 0 Å². The molecule has 1 unspecified atom stereocenters. The Bertz CT molecular complexity index is 724. The van der Waals surface area contributed by atoms with E-state index < -0.39 is 11.6 Å². The number of carbonyl (C=O) groups is 1. The molecular formula is C21H35IN4O5. The van der Waals surface area contributed by atoms with E-state index in [1.165, 1.54) is 14.2 Å². The molecular weight excluding hydrogens is 515 g/mol. The zero-order valence-corrected chi connectivity index (χ0v) is 21.1. The number of nitrogens with zero attached hydrogens (tertiary/aromatic N) is 2. The second kappa shape index (κ2) is 13.7. The molecule has 2 rings (SSSR count). The topological polar surface area (TPSA) is 105 Å². The summed E-state index contributed by atoms with van der Waals surface area (Å²) >= 11 is 0. The van der Waals surface area contributed by atoms with Crippen LogP contribution in [0.3, 0.4) is 0 Å². The third kappa shape index (κ3) is 9.17. The van der Waals surface area contributed by atoms with Crippen LogP contribution in [-0.2, 0) is 16.0 Å². The zero-order chi connectivity index (χ0) is 22.0. The quantitative estimate of drug-likeness (QED) is 0.183. The van der Waals surface area contributed by atoms with Crippen LogP contribution < -0.4 is 15.4 Å². The number of hydrogen-bond acceptors (Lipinski definition) is 7. The molecule has 0 amide bonds. The Balaban J connectivity index is 0.00000480. The Morgan fingerprint density at radius 3 is 2.61 bits per heavy atom. The van der Waals surface area contributed by atoms with Gasteiger partial charge in [-0.05, 0) is 31.5 Å². The highest BCUT2D eigenvalue weighted by atomic mass is 127. The fourth-order valence-corrected chi connectivity index (χ4v) is 3.21. The van der Waals surface area contributed by atoms with E-state index in [1.54, 1.807) is 12.1 Å². The lowest BCUT2D eigenvalue weighted by Crippen LogP contribution is -2.52. The fraction of sp³-hybridized carbons (Fsp3) is 0.619. The van der Waals surface area contributed by atoms with Crippen molar-refractivity contribution < 1.29 is 24.1 Å². The summed E-state index contributed by atoms with van der Waals surface area (Å²) in [4.78, 5) is 18.7. The zero-order valence-electron chi connectivity index (χ0n) is 18.8. The van der Waals surface area contributed by atoms with Gasteiger partial charge >= 0.3 is 5.97 Å². The minimum absolute atomic E-state index is 0. The maximum absolute atomic E-state index is 12.0. The van der Waals surface area contributed by atoms with Gasteiger partial charge in [-0.2, -0.15) is 0 Å². The number of hydrogen-bond donors (Lipinski definition) is 3. The third-order valence-corrected chi connectivity index (χ3v) is 4.74. The molecule has 0 aliphatic carbocycles. The Labute approximate surface area is 201 Å². The van der Waals surface area contributed by atoms with Crippen LogP contribution in [0.1, 0.15) is 29.8 Å². The molecule has 0 spiro atoms. The first kappa shape index (κ1) is 27.4. The first-order chi connectivity index (χ1) is 14.4. The first-order valence-corrected chi connectivity index (χ1v) is 10.2. The molecule has 1 aromatic carbocycles. The van der Waals surface area contributed by atoms with Gasteiger partial charge in [0.05, 0.1) is 39.6 Å². The van der Waals surface area contributed by atoms with Crippen LogP contribution >= 0.6 is 24.0 Å². The Morgan fingerprint density at radius 2 is 2.00 bits per heavy atom. The summed E-state index contributed by atoms with van der Waals surface area (Å²) in [6.45, 7) is 8.79. The van der Waals surface area contributed by atoms with Gasteiger partial charge in [-0.25, -0.2) is 9.79 Å². The van der Waals surface area contributed by atoms with Gasteiger partial charge in [-0.3, -0.25) is 4.90 Å². The fourth-order valence-electron chi connectivity index (χ4n) is 3.21. The molecule has 0 bridgehead atoms. The number of nitrogens with one attached hydrogen (secondary N) is 2. The lowest BCUT2D eigenvalue weighted by molar-refractivity contribution is -0.0201. The molecule has 10 heteroatoms. The first-order valence-electron chi connectivity index (χ1n) is 10.2. The number of methoxy groups -OCH3 is 2. The smallest absolute Gasteiger partial charge is 0.341 e. The molecule has 0 radical (unpaired) electrons. The van der Waals surface area contributed by atoms with Gasteiger partial charge in [0.1, 0.15) is 11.3 Å². The van der Waals surface area contributed by atoms with Crippen LogP contribution in [0.4, 0.5) is 0 Å². The van der Waals surface area contributed by atoms with Crippen molar-refractivity contribution in [2.75, 3.05) is 60.2 Å². The average Bonchev–Trinajstić information content (AvgIpc) is 2.75. The summed E-state index contributed by atoms with van der Waals surface area (Å²) in [5.41, 5.74) is 0.290. The van der Waals surface area contributed by atoms with E-state index in [4.69, 9.17) is 14.2 Å². The number of carbonyl (C=O) groups excluding carboxylic acids is 1. The number of rotatable bonds is 9. The molecule has 1 saturated heterocycles. The van der Waals surface area contributed by atoms with E-state index in [9.17, 15) is 9.90 Å². The molecule has 1 fully saturated rings. The Hall–Kier alpha value is -1.63. The van der Waals surface area contributed by atoms with Crippen LogP contribution in [0, 0.1) is 0 Å². The van der Waals surface area contributed by atoms with E-state index in [2.05, 4.69) is 20.5 Å². The van der Waals surface area contributed by atoms with E-state index in [-0.39, 0.29) is 24.0 Å². The molecule has 176 valence electrons. The van der Waals surface area contributed by atoms with Crippen LogP contribution in [-0.4, -0.2) is 87.7 Å². The van der Waals surface area contributed by atoms with Crippen molar-refractivity contribution in [1.29, 1.82) is 0 Å². The van der Waals surface area contributed by atoms with Gasteiger partial charge in [-0.15, -0.1) is 24.0 Å². The predicted octanol–water partition coefficient (Wildman–Crippen LogP) is 1.24. The van der Waals surface area contributed by atoms with Crippen LogP contribution in [0.5, 0.6) is 5.75 Å². The molecule has 31 heavy (non-hydrogen) atoms. The second-order valence-electron chi connectivity index (χ2n) is 7.46. The number of morpholine rings is 1. The molecule has 9 nitrogen and oxygen atoms in total. The summed E-state index contributed by atoms with van der Waals surface area (Å²) < 4.78 is 15.4. The minimum atomic E-state index is -0.911. The molecule has 0 aromatic heterocycles. The Kier molecular flexibility index (Phi) is 12.1. The van der Waals surface area contributed by atoms with Crippen molar-refractivity contribution in [3.8, 4) is 5.75 Å². The van der Waals surface area contributed by atoms with E-state index in [0.29, 0.717) is 56.7 Å². The van der Waals surface area contributed by atoms with Crippen LogP contribution in [0.15, 0.2) is 23.2 Å². The highest BCUT2D eigenvalue weighted by Crippen LogP contribution is 2.21. The van der Waals surface area contributed by atoms with Gasteiger partial charge in [0.25, 0.3) is 0 Å². The lowest BCUT2D eigenvalue weighted by Gasteiger charge is -2.34. The molecule has 3 N–H and O–H groups in total. The number of benzene rings is 1. The number of halogens is 1. The highest BCUT2D eigenvalue weighted by molar-refractivity contribution is 14.0. The van der Waals surface area contributed by atoms with Gasteiger partial charge in [0.2, 0.25) is 0 Å². The van der Waals surface area contributed by atoms with Gasteiger partial charge in [-0.1, -0.05) is 6.07 Å². The number of β-amino-alcohol motifs (C(OH)–C–C–N with tert-alkyl or cyclic N) is 1. The standard InChI is InChI=1S/C21H34N4O5.HI/c1-5-22-20(24-14-21(2,27)15-25-8-10-30-11-9-25)23-13-16-6-7-18(28-3)17(12-16)19(26)29-4;/h6-7,12,27H,5,8-11,13-15H2,1-4H3,(H2,22,23,24);1H. The third-order valence-electron chi connectivity index (χ3n) is 4.74. The monoisotopic (exact) mass is 550 g/mol. The van der Waals surface area contributed by atoms with Crippen LogP contribution in [0.25, 0.3) is 0 Å². The SMILES string of the molecule is CCNC(=NCc1ccc(OC)c(C(=O)OC)c1)NCC(C)(O)CN1CCOCC1.I. The number of aliphatic hydroxyl groups is 1. The van der Waals surface area contributed by atoms with Gasteiger partial charge in [0, 0.05) is 32.7 Å². The molecule has 1 atom stereocenters. The normalized spacial score (nSPS) is 16.6. The predicted molar refractivity (Wildman–Crippen MR) is 130 cm³/mol. The number of guanidine groups is 1. The van der Waals surface area contributed by atoms with Crippen LogP contribution in [0.2, 0.25) is 0 Å². The maximum Gasteiger partial charge on any atom is 0.341 e. The minimum Gasteiger partial charge on any atom is -0.496 e. The number of esters is 1. The molecule has 1 aliphatic rings. The van der Waals surface area contributed by atoms with Crippen molar-refractivity contribution in [2.24, 2.45) is 4.99 Å². The van der Waals surface area contributed by atoms with Crippen molar-refractivity contribution in [2.45, 2.75) is 26.0 Å². The Morgan fingerprint density at radius 1 is 1.29 bits per heavy atom. The lowest BCUT2D eigenvalue weighted by atomic mass is 10.1. The average molecular weight is 550 g/mol. The summed E-state index contributed by atoms with van der Waals surface area (Å²) in [5.74, 6) is 0.593. The van der Waals surface area contributed by atoms with Crippen molar-refractivity contribution in [3.05, 3.63) is 29.3 Å². The summed E-state index contributed by atoms with van der Waals surface area (Å²) in [6, 6.07) is 5.30. The number of ether oxygens (including phenoxy) is 3. The number of aliphatic imine (C=N–C) groups is 1. The van der Waals surface area contributed by atoms with Crippen molar-refractivity contribution in [1.82, 2.24) is 15.5 Å². The second-order valence-corrected chi connectivity index (χ2v) is 7.46. The van der Waals surface area contributed by atoms with E-state index in [0.717, 1.165) is 18.7 Å². The van der Waals surface area contributed by atoms with Gasteiger partial charge < -0.3 is 30.0 Å². The summed E-state index contributed by atoms with van der Waals surface area (Å²) in [6.07, 6.45) is 0. The highest BCUT2D eigenvalue weighted by Gasteiger charge is 2.25. The molecule has 1 heterocycles. The largest absolute Gasteiger partial charge is 0.496 e. The van der Waals surface area contributed by atoms with E-state index in [1.807, 2.05) is 19.9 Å². The summed E-state index contributed by atoms with van der Waals surface area (Å²) in [5, 5.41) is 17.1. The van der Waals surface area contributed by atoms with Gasteiger partial charge in [0.15, 0.2) is 5.96 Å². The van der Waals surface area contributed by atoms with Crippen molar-refractivity contribution >= 4 is 35.9 Å². The summed E-state index contributed by atoms with van der Waals surface area (Å²) in [7, 11) is 2.85. The van der Waals surface area contributed by atoms with Crippen molar-refractivity contribution in [3.63, 3.8) is 0 Å². The molecule has 1 aromatic rings.